The minimum absolute atomic E-state index is 0.00828. The molecule has 102 valence electrons. The van der Waals surface area contributed by atoms with Gasteiger partial charge in [0.25, 0.3) is 0 Å². The zero-order chi connectivity index (χ0) is 13.4. The van der Waals surface area contributed by atoms with Crippen LogP contribution in [-0.2, 0) is 9.53 Å². The molecule has 2 aliphatic carbocycles. The number of carbonyl (C=O) groups is 1. The van der Waals surface area contributed by atoms with Gasteiger partial charge >= 0.3 is 5.97 Å². The van der Waals surface area contributed by atoms with Gasteiger partial charge in [-0.05, 0) is 48.5 Å². The molecule has 0 aromatic heterocycles. The summed E-state index contributed by atoms with van der Waals surface area (Å²) in [5.74, 6) is 2.37. The fourth-order valence-electron chi connectivity index (χ4n) is 4.41. The summed E-state index contributed by atoms with van der Waals surface area (Å²) in [6, 6.07) is 10.5. The van der Waals surface area contributed by atoms with E-state index in [1.807, 2.05) is 6.07 Å². The molecule has 2 saturated carbocycles. The number of carbonyl (C=O) groups excluding carboxylic acids is 1. The molecule has 0 spiro atoms. The lowest BCUT2D eigenvalue weighted by molar-refractivity contribution is -0.150. The van der Waals surface area contributed by atoms with Crippen LogP contribution >= 0.6 is 0 Å². The summed E-state index contributed by atoms with van der Waals surface area (Å²) in [5.41, 5.74) is 1.31. The van der Waals surface area contributed by atoms with Crippen LogP contribution in [0.4, 0.5) is 0 Å². The number of fused-ring (bicyclic) bond motifs is 2. The molecule has 2 bridgehead atoms. The summed E-state index contributed by atoms with van der Waals surface area (Å²) in [4.78, 5) is 12.3. The molecular weight excluding hydrogens is 236 g/mol. The van der Waals surface area contributed by atoms with Crippen LogP contribution in [0.1, 0.15) is 37.7 Å². The van der Waals surface area contributed by atoms with Crippen LogP contribution in [0, 0.1) is 23.7 Å². The normalized spacial score (nSPS) is 37.1. The van der Waals surface area contributed by atoms with E-state index in [4.69, 9.17) is 4.74 Å². The molecule has 3 unspecified atom stereocenters. The number of hydrogen-bond donors (Lipinski definition) is 0. The highest BCUT2D eigenvalue weighted by Gasteiger charge is 2.50. The highest BCUT2D eigenvalue weighted by atomic mass is 16.5. The largest absolute Gasteiger partial charge is 0.469 e. The van der Waals surface area contributed by atoms with Crippen molar-refractivity contribution in [2.45, 2.75) is 32.1 Å². The lowest BCUT2D eigenvalue weighted by Gasteiger charge is -2.39. The molecular formula is C17H22O2. The second kappa shape index (κ2) is 4.99. The standard InChI is InChI=1S/C17H22O2/c1-11-13-8-9-14(11)16(17(18)19-2)15(10-13)12-6-4-3-5-7-12/h3-7,11,13-16H,8-10H2,1-2H3/t11-,13?,14?,15-,16?/m1/s1. The van der Waals surface area contributed by atoms with Crippen LogP contribution in [0.25, 0.3) is 0 Å². The Kier molecular flexibility index (Phi) is 3.34. The summed E-state index contributed by atoms with van der Waals surface area (Å²) in [6.45, 7) is 2.32. The minimum atomic E-state index is -0.00828. The van der Waals surface area contributed by atoms with Gasteiger partial charge in [-0.15, -0.1) is 0 Å². The highest BCUT2D eigenvalue weighted by molar-refractivity contribution is 5.74. The van der Waals surface area contributed by atoms with E-state index in [0.29, 0.717) is 17.8 Å². The van der Waals surface area contributed by atoms with Gasteiger partial charge in [-0.2, -0.15) is 0 Å². The SMILES string of the molecule is COC(=O)C1C2CCC(C[C@@H]1c1ccccc1)[C@H]2C. The van der Waals surface area contributed by atoms with E-state index >= 15 is 0 Å². The molecule has 1 aromatic rings. The minimum Gasteiger partial charge on any atom is -0.469 e. The van der Waals surface area contributed by atoms with Gasteiger partial charge in [0.1, 0.15) is 0 Å². The second-order valence-electron chi connectivity index (χ2n) is 6.16. The first-order valence-corrected chi connectivity index (χ1v) is 7.35. The molecule has 0 heterocycles. The van der Waals surface area contributed by atoms with Crippen molar-refractivity contribution >= 4 is 5.97 Å². The molecule has 2 fully saturated rings. The average molecular weight is 258 g/mol. The molecule has 0 N–H and O–H groups in total. The predicted octanol–water partition coefficient (Wildman–Crippen LogP) is 3.63. The quantitative estimate of drug-likeness (QED) is 0.757. The first-order valence-electron chi connectivity index (χ1n) is 7.35. The Morgan fingerprint density at radius 1 is 1.21 bits per heavy atom. The van der Waals surface area contributed by atoms with E-state index in [0.717, 1.165) is 12.3 Å². The van der Waals surface area contributed by atoms with Gasteiger partial charge in [0.2, 0.25) is 0 Å². The second-order valence-corrected chi connectivity index (χ2v) is 6.16. The predicted molar refractivity (Wildman–Crippen MR) is 74.7 cm³/mol. The Balaban J connectivity index is 1.96. The smallest absolute Gasteiger partial charge is 0.309 e. The summed E-state index contributed by atoms with van der Waals surface area (Å²) in [7, 11) is 1.52. The van der Waals surface area contributed by atoms with E-state index < -0.39 is 0 Å². The number of ether oxygens (including phenoxy) is 1. The maximum atomic E-state index is 12.3. The lowest BCUT2D eigenvalue weighted by Crippen LogP contribution is -2.37. The van der Waals surface area contributed by atoms with Crippen molar-refractivity contribution in [1.29, 1.82) is 0 Å². The van der Waals surface area contributed by atoms with Crippen LogP contribution < -0.4 is 0 Å². The zero-order valence-electron chi connectivity index (χ0n) is 11.7. The van der Waals surface area contributed by atoms with Crippen LogP contribution in [0.3, 0.4) is 0 Å². The van der Waals surface area contributed by atoms with Crippen molar-refractivity contribution in [3.63, 3.8) is 0 Å². The highest BCUT2D eigenvalue weighted by Crippen LogP contribution is 2.55. The molecule has 0 radical (unpaired) electrons. The van der Waals surface area contributed by atoms with Gasteiger partial charge in [0.05, 0.1) is 13.0 Å². The molecule has 3 rings (SSSR count). The molecule has 5 atom stereocenters. The molecule has 2 nitrogen and oxygen atoms in total. The number of hydrogen-bond acceptors (Lipinski definition) is 2. The molecule has 19 heavy (non-hydrogen) atoms. The van der Waals surface area contributed by atoms with Crippen LogP contribution in [0.2, 0.25) is 0 Å². The fraction of sp³-hybridized carbons (Fsp3) is 0.588. The van der Waals surface area contributed by atoms with E-state index in [9.17, 15) is 4.79 Å². The van der Waals surface area contributed by atoms with Crippen molar-refractivity contribution in [2.75, 3.05) is 7.11 Å². The van der Waals surface area contributed by atoms with Crippen LogP contribution in [0.15, 0.2) is 30.3 Å². The molecule has 2 aliphatic rings. The monoisotopic (exact) mass is 258 g/mol. The first-order chi connectivity index (χ1) is 9.22. The Morgan fingerprint density at radius 2 is 1.95 bits per heavy atom. The molecule has 2 heteroatoms. The van der Waals surface area contributed by atoms with Gasteiger partial charge in [0, 0.05) is 0 Å². The van der Waals surface area contributed by atoms with Crippen LogP contribution in [-0.4, -0.2) is 13.1 Å². The molecule has 1 aromatic carbocycles. The van der Waals surface area contributed by atoms with Crippen molar-refractivity contribution in [1.82, 2.24) is 0 Å². The van der Waals surface area contributed by atoms with E-state index in [1.54, 1.807) is 0 Å². The van der Waals surface area contributed by atoms with Crippen molar-refractivity contribution in [3.05, 3.63) is 35.9 Å². The first kappa shape index (κ1) is 12.7. The molecule has 0 aliphatic heterocycles. The summed E-state index contributed by atoms with van der Waals surface area (Å²) < 4.78 is 5.10. The third-order valence-electron chi connectivity index (χ3n) is 5.44. The van der Waals surface area contributed by atoms with Gasteiger partial charge in [0.15, 0.2) is 0 Å². The third-order valence-corrected chi connectivity index (χ3v) is 5.44. The van der Waals surface area contributed by atoms with Gasteiger partial charge in [-0.3, -0.25) is 4.79 Å². The average Bonchev–Trinajstić information content (AvgIpc) is 2.70. The number of benzene rings is 1. The van der Waals surface area contributed by atoms with Crippen molar-refractivity contribution in [2.24, 2.45) is 23.7 Å². The topological polar surface area (TPSA) is 26.3 Å². The Hall–Kier alpha value is -1.31. The third kappa shape index (κ3) is 2.07. The lowest BCUT2D eigenvalue weighted by atomic mass is 9.65. The number of rotatable bonds is 2. The van der Waals surface area contributed by atoms with E-state index in [-0.39, 0.29) is 11.9 Å². The fourth-order valence-corrected chi connectivity index (χ4v) is 4.41. The molecule has 0 saturated heterocycles. The van der Waals surface area contributed by atoms with Gasteiger partial charge in [-0.1, -0.05) is 37.3 Å². The molecule has 0 amide bonds. The zero-order valence-corrected chi connectivity index (χ0v) is 11.7. The summed E-state index contributed by atoms with van der Waals surface area (Å²) in [5, 5.41) is 0. The Bertz CT molecular complexity index is 454. The number of methoxy groups -OCH3 is 1. The Morgan fingerprint density at radius 3 is 2.63 bits per heavy atom. The van der Waals surface area contributed by atoms with Gasteiger partial charge in [-0.25, -0.2) is 0 Å². The maximum Gasteiger partial charge on any atom is 0.309 e. The summed E-state index contributed by atoms with van der Waals surface area (Å²) in [6.07, 6.45) is 3.61. The van der Waals surface area contributed by atoms with Crippen LogP contribution in [0.5, 0.6) is 0 Å². The summed E-state index contributed by atoms with van der Waals surface area (Å²) >= 11 is 0. The maximum absolute atomic E-state index is 12.3. The van der Waals surface area contributed by atoms with Crippen molar-refractivity contribution in [3.8, 4) is 0 Å². The van der Waals surface area contributed by atoms with E-state index in [1.165, 1.54) is 25.5 Å². The van der Waals surface area contributed by atoms with Crippen molar-refractivity contribution < 1.29 is 9.53 Å². The van der Waals surface area contributed by atoms with Gasteiger partial charge < -0.3 is 4.74 Å². The number of esters is 1. The van der Waals surface area contributed by atoms with E-state index in [2.05, 4.69) is 31.2 Å². The Labute approximate surface area is 115 Å².